The van der Waals surface area contributed by atoms with Crippen LogP contribution in [0.15, 0.2) is 0 Å². The van der Waals surface area contributed by atoms with Gasteiger partial charge in [0.2, 0.25) is 5.91 Å². The molecule has 0 spiro atoms. The van der Waals surface area contributed by atoms with Crippen LogP contribution in [0.1, 0.15) is 44.9 Å². The van der Waals surface area contributed by atoms with Crippen LogP contribution in [0.4, 0.5) is 0 Å². The van der Waals surface area contributed by atoms with Crippen LogP contribution >= 0.6 is 0 Å². The molecule has 1 aliphatic rings. The smallest absolute Gasteiger partial charge is 0.220 e. The summed E-state index contributed by atoms with van der Waals surface area (Å²) < 4.78 is 0. The molecule has 0 aromatic carbocycles. The summed E-state index contributed by atoms with van der Waals surface area (Å²) in [4.78, 5) is 13.9. The number of hydrogen-bond acceptors (Lipinski definition) is 3. The summed E-state index contributed by atoms with van der Waals surface area (Å²) in [5.41, 5.74) is 5.86. The molecule has 4 heteroatoms. The zero-order valence-electron chi connectivity index (χ0n) is 12.0. The summed E-state index contributed by atoms with van der Waals surface area (Å²) in [7, 11) is 4.15. The molecular formula is C14H29N3O. The summed E-state index contributed by atoms with van der Waals surface area (Å²) in [5.74, 6) is 0.784. The van der Waals surface area contributed by atoms with Crippen molar-refractivity contribution >= 4 is 5.91 Å². The molecule has 0 aliphatic heterocycles. The van der Waals surface area contributed by atoms with Crippen molar-refractivity contribution in [1.82, 2.24) is 10.2 Å². The van der Waals surface area contributed by atoms with Crippen LogP contribution in [0.2, 0.25) is 0 Å². The van der Waals surface area contributed by atoms with Crippen molar-refractivity contribution < 1.29 is 4.79 Å². The lowest BCUT2D eigenvalue weighted by Crippen LogP contribution is -2.31. The minimum atomic E-state index is 0.223. The first kappa shape index (κ1) is 15.4. The highest BCUT2D eigenvalue weighted by molar-refractivity contribution is 5.76. The average molecular weight is 255 g/mol. The fraction of sp³-hybridized carbons (Fsp3) is 0.929. The first-order valence-corrected chi connectivity index (χ1v) is 7.25. The fourth-order valence-electron chi connectivity index (χ4n) is 2.51. The van der Waals surface area contributed by atoms with Crippen molar-refractivity contribution in [1.29, 1.82) is 0 Å². The maximum Gasteiger partial charge on any atom is 0.220 e. The van der Waals surface area contributed by atoms with E-state index in [0.29, 0.717) is 18.4 Å². The van der Waals surface area contributed by atoms with Crippen LogP contribution in [0.3, 0.4) is 0 Å². The second-order valence-electron chi connectivity index (χ2n) is 5.85. The number of carbonyl (C=O) groups excluding carboxylic acids is 1. The van der Waals surface area contributed by atoms with E-state index in [-0.39, 0.29) is 5.91 Å². The molecule has 4 nitrogen and oxygen atoms in total. The molecule has 1 aliphatic carbocycles. The van der Waals surface area contributed by atoms with Crippen molar-refractivity contribution in [3.8, 4) is 0 Å². The van der Waals surface area contributed by atoms with Crippen LogP contribution in [0, 0.1) is 5.92 Å². The Bertz CT molecular complexity index is 235. The van der Waals surface area contributed by atoms with Gasteiger partial charge in [0, 0.05) is 19.0 Å². The third-order valence-electron chi connectivity index (χ3n) is 3.72. The lowest BCUT2D eigenvalue weighted by atomic mass is 9.84. The third kappa shape index (κ3) is 6.97. The van der Waals surface area contributed by atoms with Gasteiger partial charge in [-0.1, -0.05) is 0 Å². The third-order valence-corrected chi connectivity index (χ3v) is 3.72. The molecule has 1 fully saturated rings. The molecule has 0 atom stereocenters. The highest BCUT2D eigenvalue weighted by atomic mass is 16.1. The number of amides is 1. The number of hydrogen-bond donors (Lipinski definition) is 2. The highest BCUT2D eigenvalue weighted by Gasteiger charge is 2.20. The Kier molecular flexibility index (Phi) is 7.28. The van der Waals surface area contributed by atoms with Gasteiger partial charge < -0.3 is 16.0 Å². The van der Waals surface area contributed by atoms with E-state index in [1.54, 1.807) is 0 Å². The molecule has 0 aromatic heterocycles. The van der Waals surface area contributed by atoms with Crippen molar-refractivity contribution in [3.05, 3.63) is 0 Å². The normalized spacial score (nSPS) is 24.2. The SMILES string of the molecule is CN(C)CCCCNC(=O)CC1CCC(N)CC1. The maximum atomic E-state index is 11.7. The van der Waals surface area contributed by atoms with Crippen LogP contribution in [0.25, 0.3) is 0 Å². The molecule has 106 valence electrons. The van der Waals surface area contributed by atoms with E-state index in [4.69, 9.17) is 5.73 Å². The summed E-state index contributed by atoms with van der Waals surface area (Å²) in [6, 6.07) is 0.371. The minimum absolute atomic E-state index is 0.223. The second-order valence-corrected chi connectivity index (χ2v) is 5.85. The summed E-state index contributed by atoms with van der Waals surface area (Å²) >= 11 is 0. The van der Waals surface area contributed by atoms with Gasteiger partial charge >= 0.3 is 0 Å². The Balaban J connectivity index is 2.00. The lowest BCUT2D eigenvalue weighted by Gasteiger charge is -2.25. The number of carbonyl (C=O) groups is 1. The average Bonchev–Trinajstić information content (AvgIpc) is 2.31. The summed E-state index contributed by atoms with van der Waals surface area (Å²) in [6.45, 7) is 1.91. The van der Waals surface area contributed by atoms with Crippen molar-refractivity contribution in [3.63, 3.8) is 0 Å². The number of nitrogens with zero attached hydrogens (tertiary/aromatic N) is 1. The predicted octanol–water partition coefficient (Wildman–Crippen LogP) is 1.35. The van der Waals surface area contributed by atoms with Gasteiger partial charge in [-0.2, -0.15) is 0 Å². The standard InChI is InChI=1S/C14H29N3O/c1-17(2)10-4-3-9-16-14(18)11-12-5-7-13(15)8-6-12/h12-13H,3-11,15H2,1-2H3,(H,16,18). The number of rotatable bonds is 7. The molecule has 0 heterocycles. The van der Waals surface area contributed by atoms with Crippen molar-refractivity contribution in [2.75, 3.05) is 27.2 Å². The zero-order valence-corrected chi connectivity index (χ0v) is 12.0. The summed E-state index contributed by atoms with van der Waals surface area (Å²) in [5, 5.41) is 3.03. The Morgan fingerprint density at radius 2 is 1.89 bits per heavy atom. The van der Waals surface area contributed by atoms with Gasteiger partial charge in [-0.3, -0.25) is 4.79 Å². The van der Waals surface area contributed by atoms with Gasteiger partial charge in [-0.15, -0.1) is 0 Å². The van der Waals surface area contributed by atoms with Gasteiger partial charge in [0.1, 0.15) is 0 Å². The molecule has 3 N–H and O–H groups in total. The van der Waals surface area contributed by atoms with Crippen LogP contribution in [0.5, 0.6) is 0 Å². The monoisotopic (exact) mass is 255 g/mol. The largest absolute Gasteiger partial charge is 0.356 e. The Morgan fingerprint density at radius 1 is 1.22 bits per heavy atom. The van der Waals surface area contributed by atoms with E-state index in [0.717, 1.165) is 51.6 Å². The number of nitrogens with two attached hydrogens (primary N) is 1. The predicted molar refractivity (Wildman–Crippen MR) is 75.3 cm³/mol. The topological polar surface area (TPSA) is 58.4 Å². The van der Waals surface area contributed by atoms with E-state index in [1.165, 1.54) is 0 Å². The van der Waals surface area contributed by atoms with E-state index in [2.05, 4.69) is 24.3 Å². The summed E-state index contributed by atoms with van der Waals surface area (Å²) in [6.07, 6.45) is 7.32. The highest BCUT2D eigenvalue weighted by Crippen LogP contribution is 2.25. The second kappa shape index (κ2) is 8.48. The molecule has 1 rings (SSSR count). The first-order valence-electron chi connectivity index (χ1n) is 7.25. The Hall–Kier alpha value is -0.610. The van der Waals surface area contributed by atoms with Crippen LogP contribution in [-0.4, -0.2) is 44.0 Å². The van der Waals surface area contributed by atoms with Crippen molar-refractivity contribution in [2.45, 2.75) is 51.0 Å². The van der Waals surface area contributed by atoms with Gasteiger partial charge in [0.05, 0.1) is 0 Å². The van der Waals surface area contributed by atoms with E-state index in [1.807, 2.05) is 0 Å². The van der Waals surface area contributed by atoms with Gasteiger partial charge in [-0.25, -0.2) is 0 Å². The molecule has 0 unspecified atom stereocenters. The Labute approximate surface area is 111 Å². The maximum absolute atomic E-state index is 11.7. The molecule has 0 saturated heterocycles. The zero-order chi connectivity index (χ0) is 13.4. The van der Waals surface area contributed by atoms with Gasteiger partial charge in [0.25, 0.3) is 0 Å². The molecule has 18 heavy (non-hydrogen) atoms. The molecule has 1 amide bonds. The van der Waals surface area contributed by atoms with E-state index >= 15 is 0 Å². The quantitative estimate of drug-likeness (QED) is 0.675. The number of unbranched alkanes of at least 4 members (excludes halogenated alkanes) is 1. The van der Waals surface area contributed by atoms with E-state index < -0.39 is 0 Å². The molecule has 0 bridgehead atoms. The minimum Gasteiger partial charge on any atom is -0.356 e. The van der Waals surface area contributed by atoms with Crippen LogP contribution < -0.4 is 11.1 Å². The first-order chi connectivity index (χ1) is 8.58. The molecular weight excluding hydrogens is 226 g/mol. The molecule has 0 radical (unpaired) electrons. The number of nitrogens with one attached hydrogen (secondary N) is 1. The van der Waals surface area contributed by atoms with Gasteiger partial charge in [-0.05, 0) is 65.1 Å². The van der Waals surface area contributed by atoms with Gasteiger partial charge in [0.15, 0.2) is 0 Å². The Morgan fingerprint density at radius 3 is 2.50 bits per heavy atom. The van der Waals surface area contributed by atoms with Crippen molar-refractivity contribution in [2.24, 2.45) is 11.7 Å². The molecule has 1 saturated carbocycles. The molecule has 0 aromatic rings. The fourth-order valence-corrected chi connectivity index (χ4v) is 2.51. The van der Waals surface area contributed by atoms with E-state index in [9.17, 15) is 4.79 Å². The lowest BCUT2D eigenvalue weighted by molar-refractivity contribution is -0.122. The van der Waals surface area contributed by atoms with Crippen LogP contribution in [-0.2, 0) is 4.79 Å².